The molecule has 3 rings (SSSR count). The number of amides is 1. The molecule has 1 aliphatic heterocycles. The number of carboxylic acid groups (broad SMARTS) is 1. The molecular formula is C17H17F3N4O3. The van der Waals surface area contributed by atoms with Gasteiger partial charge in [-0.15, -0.1) is 5.10 Å². The van der Waals surface area contributed by atoms with E-state index in [4.69, 9.17) is 5.11 Å². The third kappa shape index (κ3) is 4.44. The highest BCUT2D eigenvalue weighted by Gasteiger charge is 2.31. The Morgan fingerprint density at radius 3 is 2.56 bits per heavy atom. The van der Waals surface area contributed by atoms with Crippen LogP contribution in [0, 0.1) is 5.92 Å². The zero-order valence-corrected chi connectivity index (χ0v) is 14.2. The standard InChI is InChI=1S/C17H17F3N4O3/c18-17(19,20)12-2-1-3-13(9-12)24-10-14(21-22-24)16(27)23-6-4-11(5-7-23)8-15(25)26/h1-3,9-11H,4-8H2,(H,25,26). The van der Waals surface area contributed by atoms with Crippen molar-refractivity contribution in [3.8, 4) is 5.69 Å². The number of hydrogen-bond donors (Lipinski definition) is 1. The number of carbonyl (C=O) groups is 2. The first-order chi connectivity index (χ1) is 12.7. The molecule has 1 amide bonds. The highest BCUT2D eigenvalue weighted by Crippen LogP contribution is 2.30. The lowest BCUT2D eigenvalue weighted by Crippen LogP contribution is -2.39. The second-order valence-corrected chi connectivity index (χ2v) is 6.43. The number of hydrogen-bond acceptors (Lipinski definition) is 4. The van der Waals surface area contributed by atoms with Crippen molar-refractivity contribution >= 4 is 11.9 Å². The van der Waals surface area contributed by atoms with Crippen molar-refractivity contribution in [3.63, 3.8) is 0 Å². The Balaban J connectivity index is 1.69. The average Bonchev–Trinajstić information content (AvgIpc) is 3.11. The Morgan fingerprint density at radius 1 is 1.22 bits per heavy atom. The summed E-state index contributed by atoms with van der Waals surface area (Å²) in [5, 5.41) is 16.4. The molecule has 0 bridgehead atoms. The van der Waals surface area contributed by atoms with Gasteiger partial charge in [-0.05, 0) is 37.0 Å². The van der Waals surface area contributed by atoms with E-state index in [1.807, 2.05) is 0 Å². The lowest BCUT2D eigenvalue weighted by Gasteiger charge is -2.30. The van der Waals surface area contributed by atoms with E-state index in [0.29, 0.717) is 25.9 Å². The molecule has 1 aromatic heterocycles. The van der Waals surface area contributed by atoms with Crippen molar-refractivity contribution in [2.24, 2.45) is 5.92 Å². The summed E-state index contributed by atoms with van der Waals surface area (Å²) < 4.78 is 39.6. The molecule has 1 fully saturated rings. The molecule has 2 heterocycles. The number of carbonyl (C=O) groups excluding carboxylic acids is 1. The molecule has 0 spiro atoms. The molecule has 27 heavy (non-hydrogen) atoms. The molecule has 0 atom stereocenters. The Kier molecular flexibility index (Phi) is 5.15. The number of halogens is 3. The van der Waals surface area contributed by atoms with Gasteiger partial charge in [-0.1, -0.05) is 11.3 Å². The number of rotatable bonds is 4. The number of benzene rings is 1. The van der Waals surface area contributed by atoms with Gasteiger partial charge >= 0.3 is 12.1 Å². The normalized spacial score (nSPS) is 15.7. The zero-order valence-electron chi connectivity index (χ0n) is 14.2. The quantitative estimate of drug-likeness (QED) is 0.878. The molecular weight excluding hydrogens is 365 g/mol. The highest BCUT2D eigenvalue weighted by molar-refractivity contribution is 5.92. The number of carboxylic acids is 1. The Hall–Kier alpha value is -2.91. The van der Waals surface area contributed by atoms with Crippen LogP contribution in [0.25, 0.3) is 5.69 Å². The summed E-state index contributed by atoms with van der Waals surface area (Å²) >= 11 is 0. The van der Waals surface area contributed by atoms with E-state index in [-0.39, 0.29) is 29.6 Å². The van der Waals surface area contributed by atoms with Gasteiger partial charge in [0.05, 0.1) is 17.4 Å². The maximum Gasteiger partial charge on any atom is 0.416 e. The predicted octanol–water partition coefficient (Wildman–Crippen LogP) is 2.61. The maximum atomic E-state index is 12.8. The lowest BCUT2D eigenvalue weighted by atomic mass is 9.93. The van der Waals surface area contributed by atoms with Crippen molar-refractivity contribution in [1.82, 2.24) is 19.9 Å². The van der Waals surface area contributed by atoms with Crippen LogP contribution in [-0.2, 0) is 11.0 Å². The Morgan fingerprint density at radius 2 is 1.93 bits per heavy atom. The summed E-state index contributed by atoms with van der Waals surface area (Å²) in [5.74, 6) is -1.20. The van der Waals surface area contributed by atoms with Gasteiger partial charge in [-0.25, -0.2) is 4.68 Å². The summed E-state index contributed by atoms with van der Waals surface area (Å²) in [6, 6.07) is 4.58. The SMILES string of the molecule is O=C(O)CC1CCN(C(=O)c2cn(-c3cccc(C(F)(F)F)c3)nn2)CC1. The molecule has 144 valence electrons. The van der Waals surface area contributed by atoms with Crippen molar-refractivity contribution in [2.45, 2.75) is 25.4 Å². The largest absolute Gasteiger partial charge is 0.481 e. The number of aromatic nitrogens is 3. The third-order valence-corrected chi connectivity index (χ3v) is 4.52. The molecule has 1 saturated heterocycles. The monoisotopic (exact) mass is 382 g/mol. The van der Waals surface area contributed by atoms with E-state index in [1.165, 1.54) is 18.3 Å². The first-order valence-electron chi connectivity index (χ1n) is 8.35. The maximum absolute atomic E-state index is 12.8. The molecule has 0 saturated carbocycles. The van der Waals surface area contributed by atoms with Crippen LogP contribution in [-0.4, -0.2) is 50.0 Å². The van der Waals surface area contributed by atoms with Gasteiger partial charge in [0.2, 0.25) is 0 Å². The summed E-state index contributed by atoms with van der Waals surface area (Å²) in [6.07, 6.45) is -1.94. The number of aliphatic carboxylic acids is 1. The van der Waals surface area contributed by atoms with Crippen LogP contribution in [0.5, 0.6) is 0 Å². The molecule has 7 nitrogen and oxygen atoms in total. The molecule has 1 aromatic carbocycles. The number of piperidine rings is 1. The van der Waals surface area contributed by atoms with Gasteiger partial charge in [0.15, 0.2) is 5.69 Å². The lowest BCUT2D eigenvalue weighted by molar-refractivity contribution is -0.139. The predicted molar refractivity (Wildman–Crippen MR) is 87.2 cm³/mol. The van der Waals surface area contributed by atoms with E-state index in [2.05, 4.69) is 10.3 Å². The van der Waals surface area contributed by atoms with Crippen LogP contribution in [0.3, 0.4) is 0 Å². The van der Waals surface area contributed by atoms with Crippen LogP contribution in [0.4, 0.5) is 13.2 Å². The van der Waals surface area contributed by atoms with Gasteiger partial charge in [0, 0.05) is 19.5 Å². The van der Waals surface area contributed by atoms with Crippen molar-refractivity contribution in [3.05, 3.63) is 41.7 Å². The van der Waals surface area contributed by atoms with Crippen molar-refractivity contribution in [1.29, 1.82) is 0 Å². The Bertz CT molecular complexity index is 842. The topological polar surface area (TPSA) is 88.3 Å². The number of likely N-dealkylation sites (tertiary alicyclic amines) is 1. The second-order valence-electron chi connectivity index (χ2n) is 6.43. The summed E-state index contributed by atoms with van der Waals surface area (Å²) in [5.41, 5.74) is -0.635. The molecule has 0 radical (unpaired) electrons. The Labute approximate surface area is 152 Å². The molecule has 1 aliphatic rings. The minimum atomic E-state index is -4.48. The fourth-order valence-corrected chi connectivity index (χ4v) is 3.06. The summed E-state index contributed by atoms with van der Waals surface area (Å²) in [7, 11) is 0. The fraction of sp³-hybridized carbons (Fsp3) is 0.412. The fourth-order valence-electron chi connectivity index (χ4n) is 3.06. The van der Waals surface area contributed by atoms with Crippen LogP contribution in [0.2, 0.25) is 0 Å². The summed E-state index contributed by atoms with van der Waals surface area (Å²) in [4.78, 5) is 24.8. The van der Waals surface area contributed by atoms with Gasteiger partial charge in [-0.3, -0.25) is 9.59 Å². The van der Waals surface area contributed by atoms with Crippen LogP contribution < -0.4 is 0 Å². The van der Waals surface area contributed by atoms with E-state index in [0.717, 1.165) is 16.8 Å². The van der Waals surface area contributed by atoms with Gasteiger partial charge in [-0.2, -0.15) is 13.2 Å². The van der Waals surface area contributed by atoms with Crippen molar-refractivity contribution < 1.29 is 27.9 Å². The van der Waals surface area contributed by atoms with E-state index >= 15 is 0 Å². The van der Waals surface area contributed by atoms with E-state index in [1.54, 1.807) is 4.90 Å². The van der Waals surface area contributed by atoms with Crippen LogP contribution in [0.1, 0.15) is 35.3 Å². The second kappa shape index (κ2) is 7.37. The first-order valence-corrected chi connectivity index (χ1v) is 8.35. The number of nitrogens with zero attached hydrogens (tertiary/aromatic N) is 4. The zero-order chi connectivity index (χ0) is 19.6. The van der Waals surface area contributed by atoms with Crippen LogP contribution >= 0.6 is 0 Å². The average molecular weight is 382 g/mol. The highest BCUT2D eigenvalue weighted by atomic mass is 19.4. The molecule has 0 unspecified atom stereocenters. The van der Waals surface area contributed by atoms with Gasteiger partial charge < -0.3 is 10.0 Å². The summed E-state index contributed by atoms with van der Waals surface area (Å²) in [6.45, 7) is 0.820. The molecule has 2 aromatic rings. The first kappa shape index (κ1) is 18.9. The molecule has 1 N–H and O–H groups in total. The number of alkyl halides is 3. The van der Waals surface area contributed by atoms with Crippen LogP contribution in [0.15, 0.2) is 30.5 Å². The minimum absolute atomic E-state index is 0.0316. The van der Waals surface area contributed by atoms with E-state index < -0.39 is 17.7 Å². The van der Waals surface area contributed by atoms with E-state index in [9.17, 15) is 22.8 Å². The van der Waals surface area contributed by atoms with Gasteiger partial charge in [0.25, 0.3) is 5.91 Å². The molecule has 10 heteroatoms. The minimum Gasteiger partial charge on any atom is -0.481 e. The molecule has 0 aliphatic carbocycles. The third-order valence-electron chi connectivity index (χ3n) is 4.52. The van der Waals surface area contributed by atoms with Crippen molar-refractivity contribution in [2.75, 3.05) is 13.1 Å². The van der Waals surface area contributed by atoms with Gasteiger partial charge in [0.1, 0.15) is 0 Å². The smallest absolute Gasteiger partial charge is 0.416 e.